The molecule has 0 unspecified atom stereocenters. The van der Waals surface area contributed by atoms with E-state index in [0.29, 0.717) is 42.9 Å². The lowest BCUT2D eigenvalue weighted by Crippen LogP contribution is -2.31. The van der Waals surface area contributed by atoms with Gasteiger partial charge in [-0.3, -0.25) is 0 Å². The molecule has 1 aromatic heterocycles. The molecule has 30 heavy (non-hydrogen) atoms. The van der Waals surface area contributed by atoms with Crippen molar-refractivity contribution < 1.29 is 13.2 Å². The molecule has 11 heteroatoms. The first-order chi connectivity index (χ1) is 14.4. The van der Waals surface area contributed by atoms with Crippen molar-refractivity contribution in [2.45, 2.75) is 24.3 Å². The molecule has 0 radical (unpaired) electrons. The quantitative estimate of drug-likeness (QED) is 0.549. The maximum Gasteiger partial charge on any atom is 0.319 e. The molecule has 0 atom stereocenters. The number of hydrogen-bond donors (Lipinski definition) is 2. The normalized spacial score (nSPS) is 14.8. The lowest BCUT2D eigenvalue weighted by atomic mass is 10.3. The van der Waals surface area contributed by atoms with E-state index in [1.165, 1.54) is 4.31 Å². The minimum absolute atomic E-state index is 0.231. The van der Waals surface area contributed by atoms with Crippen molar-refractivity contribution in [3.8, 4) is 0 Å². The number of amides is 2. The summed E-state index contributed by atoms with van der Waals surface area (Å²) >= 11 is 3.38. The molecule has 3 aromatic rings. The second-order valence-electron chi connectivity index (χ2n) is 6.94. The summed E-state index contributed by atoms with van der Waals surface area (Å²) in [5.41, 5.74) is 1.89. The summed E-state index contributed by atoms with van der Waals surface area (Å²) in [6.45, 7) is 1.85. The second-order valence-corrected chi connectivity index (χ2v) is 9.73. The van der Waals surface area contributed by atoms with Crippen molar-refractivity contribution >= 4 is 48.7 Å². The van der Waals surface area contributed by atoms with E-state index >= 15 is 0 Å². The Bertz CT molecular complexity index is 1170. The van der Waals surface area contributed by atoms with Crippen LogP contribution in [0.2, 0.25) is 0 Å². The number of nitrogens with zero attached hydrogens (tertiary/aromatic N) is 4. The second kappa shape index (κ2) is 8.70. The van der Waals surface area contributed by atoms with Gasteiger partial charge in [-0.15, -0.1) is 5.10 Å². The zero-order valence-corrected chi connectivity index (χ0v) is 18.5. The third-order valence-electron chi connectivity index (χ3n) is 4.92. The van der Waals surface area contributed by atoms with Gasteiger partial charge in [0.25, 0.3) is 0 Å². The maximum atomic E-state index is 12.7. The Balaban J connectivity index is 1.39. The fourth-order valence-electron chi connectivity index (χ4n) is 3.36. The SMILES string of the molecule is O=C(NCCn1nnc2cc(S(=O)(=O)N3CCCC3)ccc21)Nc1ccccc1Br. The first-order valence-electron chi connectivity index (χ1n) is 9.58. The number of carbonyl (C=O) groups excluding carboxylic acids is 1. The number of sulfonamides is 1. The molecule has 4 rings (SSSR count). The Hall–Kier alpha value is -2.50. The number of halogens is 1. The lowest BCUT2D eigenvalue weighted by Gasteiger charge is -2.15. The Labute approximate surface area is 182 Å². The molecule has 0 aliphatic carbocycles. The molecule has 2 heterocycles. The molecular weight excluding hydrogens is 472 g/mol. The number of urea groups is 1. The Morgan fingerprint density at radius 2 is 1.90 bits per heavy atom. The summed E-state index contributed by atoms with van der Waals surface area (Å²) in [5, 5.41) is 13.7. The number of fused-ring (bicyclic) bond motifs is 1. The van der Waals surface area contributed by atoms with Crippen LogP contribution in [0, 0.1) is 0 Å². The summed E-state index contributed by atoms with van der Waals surface area (Å²) in [7, 11) is -3.50. The van der Waals surface area contributed by atoms with Gasteiger partial charge in [-0.1, -0.05) is 17.3 Å². The predicted octanol–water partition coefficient (Wildman–Crippen LogP) is 2.80. The third-order valence-corrected chi connectivity index (χ3v) is 7.51. The molecule has 1 saturated heterocycles. The van der Waals surface area contributed by atoms with Crippen molar-refractivity contribution in [1.29, 1.82) is 0 Å². The summed E-state index contributed by atoms with van der Waals surface area (Å²) < 4.78 is 29.4. The van der Waals surface area contributed by atoms with Gasteiger partial charge in [0.05, 0.1) is 22.6 Å². The van der Waals surface area contributed by atoms with Crippen LogP contribution in [-0.4, -0.2) is 53.4 Å². The molecule has 0 spiro atoms. The number of rotatable bonds is 6. The van der Waals surface area contributed by atoms with Gasteiger partial charge in [0.15, 0.2) is 0 Å². The van der Waals surface area contributed by atoms with Crippen molar-refractivity contribution in [3.05, 3.63) is 46.9 Å². The van der Waals surface area contributed by atoms with E-state index in [1.807, 2.05) is 18.2 Å². The van der Waals surface area contributed by atoms with Crippen molar-refractivity contribution in [3.63, 3.8) is 0 Å². The number of aromatic nitrogens is 3. The molecule has 2 amide bonds. The van der Waals surface area contributed by atoms with Crippen LogP contribution in [-0.2, 0) is 16.6 Å². The van der Waals surface area contributed by atoms with Crippen molar-refractivity contribution in [2.75, 3.05) is 25.0 Å². The maximum absolute atomic E-state index is 12.7. The van der Waals surface area contributed by atoms with Gasteiger partial charge in [0.2, 0.25) is 10.0 Å². The van der Waals surface area contributed by atoms with Crippen molar-refractivity contribution in [1.82, 2.24) is 24.6 Å². The Morgan fingerprint density at radius 3 is 2.67 bits per heavy atom. The van der Waals surface area contributed by atoms with E-state index < -0.39 is 10.0 Å². The van der Waals surface area contributed by atoms with Gasteiger partial charge in [-0.25, -0.2) is 17.9 Å². The molecule has 0 saturated carbocycles. The number of nitrogens with one attached hydrogen (secondary N) is 2. The fourth-order valence-corrected chi connectivity index (χ4v) is 5.28. The fraction of sp³-hybridized carbons (Fsp3) is 0.316. The van der Waals surface area contributed by atoms with E-state index in [2.05, 4.69) is 36.9 Å². The smallest absolute Gasteiger partial charge is 0.319 e. The summed E-state index contributed by atoms with van der Waals surface area (Å²) in [6, 6.07) is 11.9. The van der Waals surface area contributed by atoms with Crippen LogP contribution in [0.4, 0.5) is 10.5 Å². The predicted molar refractivity (Wildman–Crippen MR) is 117 cm³/mol. The molecule has 0 bridgehead atoms. The van der Waals surface area contributed by atoms with Gasteiger partial charge in [0.1, 0.15) is 5.52 Å². The van der Waals surface area contributed by atoms with Crippen molar-refractivity contribution in [2.24, 2.45) is 0 Å². The molecule has 2 N–H and O–H groups in total. The first-order valence-corrected chi connectivity index (χ1v) is 11.8. The highest BCUT2D eigenvalue weighted by Gasteiger charge is 2.27. The minimum atomic E-state index is -3.50. The molecule has 1 fully saturated rings. The lowest BCUT2D eigenvalue weighted by molar-refractivity contribution is 0.251. The number of para-hydroxylation sites is 1. The van der Waals surface area contributed by atoms with Crippen LogP contribution in [0.5, 0.6) is 0 Å². The summed E-state index contributed by atoms with van der Waals surface area (Å²) in [4.78, 5) is 12.3. The highest BCUT2D eigenvalue weighted by Crippen LogP contribution is 2.24. The average Bonchev–Trinajstić information content (AvgIpc) is 3.40. The number of hydrogen-bond acceptors (Lipinski definition) is 5. The highest BCUT2D eigenvalue weighted by molar-refractivity contribution is 9.10. The Kier molecular flexibility index (Phi) is 6.02. The standard InChI is InChI=1S/C19H21BrN6O3S/c20-15-5-1-2-6-16(15)22-19(27)21-9-12-26-18-8-7-14(13-17(18)23-24-26)30(28,29)25-10-3-4-11-25/h1-2,5-8,13H,3-4,9-12H2,(H2,21,22,27). The van der Waals surface area contributed by atoms with Crippen LogP contribution < -0.4 is 10.6 Å². The average molecular weight is 493 g/mol. The largest absolute Gasteiger partial charge is 0.336 e. The monoisotopic (exact) mass is 492 g/mol. The van der Waals surface area contributed by atoms with Crippen LogP contribution in [0.25, 0.3) is 11.0 Å². The van der Waals surface area contributed by atoms with Gasteiger partial charge in [-0.2, -0.15) is 4.31 Å². The van der Waals surface area contributed by atoms with Gasteiger partial charge in [-0.05, 0) is 59.1 Å². The van der Waals surface area contributed by atoms with Crippen LogP contribution in [0.15, 0.2) is 51.8 Å². The van der Waals surface area contributed by atoms with E-state index in [9.17, 15) is 13.2 Å². The molecule has 2 aromatic carbocycles. The number of carbonyl (C=O) groups is 1. The number of benzene rings is 2. The third kappa shape index (κ3) is 4.32. The van der Waals surface area contributed by atoms with Gasteiger partial charge < -0.3 is 10.6 Å². The zero-order valence-electron chi connectivity index (χ0n) is 16.1. The number of anilines is 1. The molecule has 158 valence electrons. The minimum Gasteiger partial charge on any atom is -0.336 e. The topological polar surface area (TPSA) is 109 Å². The van der Waals surface area contributed by atoms with E-state index in [0.717, 1.165) is 17.3 Å². The van der Waals surface area contributed by atoms with E-state index in [-0.39, 0.29) is 10.9 Å². The first kappa shape index (κ1) is 20.8. The Morgan fingerprint density at radius 1 is 1.13 bits per heavy atom. The van der Waals surface area contributed by atoms with Crippen LogP contribution in [0.3, 0.4) is 0 Å². The molecular formula is C19H21BrN6O3S. The van der Waals surface area contributed by atoms with E-state index in [1.54, 1.807) is 28.9 Å². The zero-order chi connectivity index (χ0) is 21.1. The summed E-state index contributed by atoms with van der Waals surface area (Å²) in [6.07, 6.45) is 1.78. The van der Waals surface area contributed by atoms with Gasteiger partial charge in [0, 0.05) is 24.1 Å². The van der Waals surface area contributed by atoms with E-state index in [4.69, 9.17) is 0 Å². The highest BCUT2D eigenvalue weighted by atomic mass is 79.9. The van der Waals surface area contributed by atoms with Crippen LogP contribution >= 0.6 is 15.9 Å². The summed E-state index contributed by atoms with van der Waals surface area (Å²) in [5.74, 6) is 0. The van der Waals surface area contributed by atoms with Gasteiger partial charge >= 0.3 is 6.03 Å². The van der Waals surface area contributed by atoms with Crippen LogP contribution in [0.1, 0.15) is 12.8 Å². The molecule has 9 nitrogen and oxygen atoms in total. The molecule has 1 aliphatic rings. The molecule has 1 aliphatic heterocycles.